The van der Waals surface area contributed by atoms with Crippen LogP contribution in [0.15, 0.2) is 48.5 Å². The van der Waals surface area contributed by atoms with Crippen LogP contribution in [0.3, 0.4) is 0 Å². The minimum Gasteiger partial charge on any atom is -0.493 e. The number of rotatable bonds is 4. The molecule has 1 heterocycles. The standard InChI is InChI=1S/C21H23NO3/c1-15-18-14-20(25-3)19(24-2)13-17(18)11-12-22(15)21(23)10-9-16-7-5-4-6-8-16/h4-10,13-15H,11-12H2,1-3H3. The molecule has 0 aromatic heterocycles. The second-order valence-electron chi connectivity index (χ2n) is 6.11. The summed E-state index contributed by atoms with van der Waals surface area (Å²) < 4.78 is 10.8. The van der Waals surface area contributed by atoms with Gasteiger partial charge in [-0.25, -0.2) is 0 Å². The Kier molecular flexibility index (Phi) is 5.08. The van der Waals surface area contributed by atoms with Gasteiger partial charge >= 0.3 is 0 Å². The number of methoxy groups -OCH3 is 2. The van der Waals surface area contributed by atoms with Gasteiger partial charge in [0.15, 0.2) is 11.5 Å². The second-order valence-corrected chi connectivity index (χ2v) is 6.11. The molecule has 0 aliphatic carbocycles. The van der Waals surface area contributed by atoms with Gasteiger partial charge < -0.3 is 14.4 Å². The molecule has 2 aromatic carbocycles. The van der Waals surface area contributed by atoms with E-state index < -0.39 is 0 Å². The predicted molar refractivity (Wildman–Crippen MR) is 98.9 cm³/mol. The van der Waals surface area contributed by atoms with Crippen molar-refractivity contribution < 1.29 is 14.3 Å². The molecule has 0 spiro atoms. The van der Waals surface area contributed by atoms with Crippen molar-refractivity contribution in [2.24, 2.45) is 0 Å². The maximum atomic E-state index is 12.7. The molecule has 25 heavy (non-hydrogen) atoms. The third-order valence-electron chi connectivity index (χ3n) is 4.69. The summed E-state index contributed by atoms with van der Waals surface area (Å²) in [7, 11) is 3.27. The quantitative estimate of drug-likeness (QED) is 0.795. The van der Waals surface area contributed by atoms with Crippen LogP contribution in [0.2, 0.25) is 0 Å². The van der Waals surface area contributed by atoms with Gasteiger partial charge in [0.1, 0.15) is 0 Å². The van der Waals surface area contributed by atoms with Gasteiger partial charge in [-0.1, -0.05) is 30.3 Å². The topological polar surface area (TPSA) is 38.8 Å². The van der Waals surface area contributed by atoms with E-state index in [4.69, 9.17) is 9.47 Å². The largest absolute Gasteiger partial charge is 0.493 e. The Labute approximate surface area is 148 Å². The summed E-state index contributed by atoms with van der Waals surface area (Å²) >= 11 is 0. The molecule has 1 unspecified atom stereocenters. The van der Waals surface area contributed by atoms with Crippen LogP contribution in [0.4, 0.5) is 0 Å². The summed E-state index contributed by atoms with van der Waals surface area (Å²) in [5.41, 5.74) is 3.35. The first-order valence-corrected chi connectivity index (χ1v) is 8.42. The van der Waals surface area contributed by atoms with E-state index in [1.807, 2.05) is 53.4 Å². The van der Waals surface area contributed by atoms with Gasteiger partial charge in [-0.3, -0.25) is 4.79 Å². The van der Waals surface area contributed by atoms with Gasteiger partial charge in [0.25, 0.3) is 0 Å². The van der Waals surface area contributed by atoms with E-state index in [1.54, 1.807) is 20.3 Å². The number of hydrogen-bond acceptors (Lipinski definition) is 3. The van der Waals surface area contributed by atoms with Crippen molar-refractivity contribution >= 4 is 12.0 Å². The fourth-order valence-electron chi connectivity index (χ4n) is 3.27. The zero-order valence-corrected chi connectivity index (χ0v) is 14.9. The molecule has 4 heteroatoms. The maximum Gasteiger partial charge on any atom is 0.247 e. The number of benzene rings is 2. The van der Waals surface area contributed by atoms with Crippen LogP contribution in [0.1, 0.15) is 29.7 Å². The Morgan fingerprint density at radius 1 is 1.12 bits per heavy atom. The fourth-order valence-corrected chi connectivity index (χ4v) is 3.27. The van der Waals surface area contributed by atoms with Crippen molar-refractivity contribution in [2.75, 3.05) is 20.8 Å². The molecule has 0 saturated carbocycles. The smallest absolute Gasteiger partial charge is 0.247 e. The molecular weight excluding hydrogens is 314 g/mol. The molecule has 1 aliphatic rings. The Morgan fingerprint density at radius 3 is 2.48 bits per heavy atom. The summed E-state index contributed by atoms with van der Waals surface area (Å²) in [5, 5.41) is 0. The molecule has 1 atom stereocenters. The molecule has 1 amide bonds. The van der Waals surface area contributed by atoms with E-state index >= 15 is 0 Å². The highest BCUT2D eigenvalue weighted by atomic mass is 16.5. The van der Waals surface area contributed by atoms with E-state index in [9.17, 15) is 4.79 Å². The first-order chi connectivity index (χ1) is 12.1. The minimum absolute atomic E-state index is 0.00326. The third-order valence-corrected chi connectivity index (χ3v) is 4.69. The van der Waals surface area contributed by atoms with Gasteiger partial charge in [-0.2, -0.15) is 0 Å². The monoisotopic (exact) mass is 337 g/mol. The summed E-state index contributed by atoms with van der Waals surface area (Å²) in [6.07, 6.45) is 4.32. The number of hydrogen-bond donors (Lipinski definition) is 0. The second kappa shape index (κ2) is 7.43. The zero-order valence-electron chi connectivity index (χ0n) is 14.9. The molecule has 1 aliphatic heterocycles. The number of amides is 1. The van der Waals surface area contributed by atoms with Crippen molar-refractivity contribution in [2.45, 2.75) is 19.4 Å². The van der Waals surface area contributed by atoms with Gasteiger partial charge in [0.2, 0.25) is 5.91 Å². The average molecular weight is 337 g/mol. The van der Waals surface area contributed by atoms with Crippen LogP contribution >= 0.6 is 0 Å². The van der Waals surface area contributed by atoms with E-state index in [2.05, 4.69) is 6.92 Å². The lowest BCUT2D eigenvalue weighted by molar-refractivity contribution is -0.128. The molecule has 0 saturated heterocycles. The van der Waals surface area contributed by atoms with Crippen LogP contribution in [0.5, 0.6) is 11.5 Å². The fraction of sp³-hybridized carbons (Fsp3) is 0.286. The number of nitrogens with zero attached hydrogens (tertiary/aromatic N) is 1. The van der Waals surface area contributed by atoms with E-state index in [0.29, 0.717) is 12.3 Å². The Bertz CT molecular complexity index is 783. The van der Waals surface area contributed by atoms with Crippen molar-refractivity contribution in [3.8, 4) is 11.5 Å². The zero-order chi connectivity index (χ0) is 17.8. The summed E-state index contributed by atoms with van der Waals surface area (Å²) in [5.74, 6) is 1.45. The highest BCUT2D eigenvalue weighted by molar-refractivity contribution is 5.92. The number of carbonyl (C=O) groups is 1. The molecule has 0 N–H and O–H groups in total. The van der Waals surface area contributed by atoms with Crippen LogP contribution in [-0.4, -0.2) is 31.6 Å². The summed E-state index contributed by atoms with van der Waals surface area (Å²) in [4.78, 5) is 14.5. The van der Waals surface area contributed by atoms with Gasteiger partial charge in [-0.05, 0) is 48.2 Å². The van der Waals surface area contributed by atoms with E-state index in [0.717, 1.165) is 23.3 Å². The van der Waals surface area contributed by atoms with Crippen LogP contribution in [0, 0.1) is 0 Å². The van der Waals surface area contributed by atoms with E-state index in [1.165, 1.54) is 5.56 Å². The maximum absolute atomic E-state index is 12.7. The van der Waals surface area contributed by atoms with Crippen LogP contribution in [-0.2, 0) is 11.2 Å². The van der Waals surface area contributed by atoms with Crippen molar-refractivity contribution in [1.29, 1.82) is 0 Å². The molecule has 130 valence electrons. The number of ether oxygens (including phenoxy) is 2. The first-order valence-electron chi connectivity index (χ1n) is 8.42. The normalized spacial score (nSPS) is 16.6. The van der Waals surface area contributed by atoms with Gasteiger partial charge in [0, 0.05) is 12.6 Å². The number of fused-ring (bicyclic) bond motifs is 1. The van der Waals surface area contributed by atoms with Gasteiger partial charge in [0.05, 0.1) is 20.3 Å². The molecule has 2 aromatic rings. The lowest BCUT2D eigenvalue weighted by Crippen LogP contribution is -2.37. The Morgan fingerprint density at radius 2 is 1.80 bits per heavy atom. The van der Waals surface area contributed by atoms with Gasteiger partial charge in [-0.15, -0.1) is 0 Å². The highest BCUT2D eigenvalue weighted by Gasteiger charge is 2.28. The molecule has 0 bridgehead atoms. The van der Waals surface area contributed by atoms with Crippen molar-refractivity contribution in [3.05, 3.63) is 65.2 Å². The first kappa shape index (κ1) is 17.1. The lowest BCUT2D eigenvalue weighted by atomic mass is 9.92. The molecular formula is C21H23NO3. The van der Waals surface area contributed by atoms with Crippen LogP contribution < -0.4 is 9.47 Å². The highest BCUT2D eigenvalue weighted by Crippen LogP contribution is 2.37. The summed E-state index contributed by atoms with van der Waals surface area (Å²) in [6.45, 7) is 2.75. The Balaban J connectivity index is 1.82. The predicted octanol–water partition coefficient (Wildman–Crippen LogP) is 3.86. The molecule has 0 radical (unpaired) electrons. The SMILES string of the molecule is COc1cc2c(cc1OC)C(C)N(C(=O)C=Cc1ccccc1)CC2. The van der Waals surface area contributed by atoms with E-state index in [-0.39, 0.29) is 11.9 Å². The molecule has 4 nitrogen and oxygen atoms in total. The average Bonchev–Trinajstić information content (AvgIpc) is 2.66. The molecule has 0 fully saturated rings. The molecule has 3 rings (SSSR count). The van der Waals surface area contributed by atoms with Crippen molar-refractivity contribution in [1.82, 2.24) is 4.90 Å². The van der Waals surface area contributed by atoms with Crippen LogP contribution in [0.25, 0.3) is 6.08 Å². The summed E-state index contributed by atoms with van der Waals surface area (Å²) in [6, 6.07) is 13.9. The number of carbonyl (C=O) groups excluding carboxylic acids is 1. The lowest BCUT2D eigenvalue weighted by Gasteiger charge is -2.35. The van der Waals surface area contributed by atoms with Crippen molar-refractivity contribution in [3.63, 3.8) is 0 Å². The minimum atomic E-state index is -0.00326. The third kappa shape index (κ3) is 3.53. The Hall–Kier alpha value is -2.75.